The maximum atomic E-state index is 12.1. The Morgan fingerprint density at radius 1 is 1.25 bits per heavy atom. The highest BCUT2D eigenvalue weighted by Gasteiger charge is 2.26. The van der Waals surface area contributed by atoms with Crippen LogP contribution in [0, 0.1) is 0 Å². The highest BCUT2D eigenvalue weighted by molar-refractivity contribution is 6.33. The molecule has 1 aliphatic rings. The fourth-order valence-electron chi connectivity index (χ4n) is 2.36. The minimum Gasteiger partial charge on any atom is -0.444 e. The first-order chi connectivity index (χ1) is 11.2. The van der Waals surface area contributed by atoms with Crippen molar-refractivity contribution in [3.63, 3.8) is 0 Å². The molecule has 0 aliphatic carbocycles. The number of aromatic nitrogens is 1. The van der Waals surface area contributed by atoms with Crippen LogP contribution in [-0.4, -0.2) is 60.7 Å². The van der Waals surface area contributed by atoms with Gasteiger partial charge in [-0.2, -0.15) is 0 Å². The predicted octanol–water partition coefficient (Wildman–Crippen LogP) is 2.15. The summed E-state index contributed by atoms with van der Waals surface area (Å²) in [6.07, 6.45) is 1.33. The van der Waals surface area contributed by atoms with E-state index in [4.69, 9.17) is 16.3 Å². The topological polar surface area (TPSA) is 74.8 Å². The molecule has 2 rings (SSSR count). The van der Waals surface area contributed by atoms with Crippen LogP contribution in [0.1, 0.15) is 31.3 Å². The summed E-state index contributed by atoms with van der Waals surface area (Å²) in [6, 6.07) is 1.72. The smallest absolute Gasteiger partial charge is 0.410 e. The number of amides is 2. The van der Waals surface area contributed by atoms with Crippen molar-refractivity contribution in [2.45, 2.75) is 26.4 Å². The molecule has 0 bridgehead atoms. The Bertz CT molecular complexity index is 622. The molecule has 8 heteroatoms. The summed E-state index contributed by atoms with van der Waals surface area (Å²) in [6.45, 7) is 7.97. The SMILES string of the molecule is CNC(=O)c1ncc(N2CCN(C(=O)OC(C)(C)C)CC2)cc1Cl. The van der Waals surface area contributed by atoms with Crippen LogP contribution in [0.25, 0.3) is 0 Å². The molecular weight excluding hydrogens is 332 g/mol. The third kappa shape index (κ3) is 4.50. The second kappa shape index (κ2) is 7.25. The van der Waals surface area contributed by atoms with Crippen molar-refractivity contribution in [2.24, 2.45) is 0 Å². The van der Waals surface area contributed by atoms with Crippen LogP contribution in [0.3, 0.4) is 0 Å². The third-order valence-electron chi connectivity index (χ3n) is 3.57. The molecule has 0 atom stereocenters. The first-order valence-corrected chi connectivity index (χ1v) is 8.19. The summed E-state index contributed by atoms with van der Waals surface area (Å²) in [7, 11) is 1.53. The highest BCUT2D eigenvalue weighted by Crippen LogP contribution is 2.23. The minimum atomic E-state index is -0.499. The molecule has 2 amide bonds. The van der Waals surface area contributed by atoms with Crippen molar-refractivity contribution in [3.8, 4) is 0 Å². The van der Waals surface area contributed by atoms with E-state index in [-0.39, 0.29) is 17.7 Å². The molecule has 24 heavy (non-hydrogen) atoms. The van der Waals surface area contributed by atoms with E-state index in [1.807, 2.05) is 20.8 Å². The average Bonchev–Trinajstić information content (AvgIpc) is 2.52. The van der Waals surface area contributed by atoms with Crippen LogP contribution < -0.4 is 10.2 Å². The zero-order valence-corrected chi connectivity index (χ0v) is 15.2. The molecule has 1 N–H and O–H groups in total. The van der Waals surface area contributed by atoms with Gasteiger partial charge in [0.25, 0.3) is 5.91 Å². The molecule has 132 valence electrons. The van der Waals surface area contributed by atoms with Crippen LogP contribution in [0.5, 0.6) is 0 Å². The number of nitrogens with zero attached hydrogens (tertiary/aromatic N) is 3. The van der Waals surface area contributed by atoms with E-state index in [1.165, 1.54) is 7.05 Å². The molecule has 0 spiro atoms. The van der Waals surface area contributed by atoms with Crippen molar-refractivity contribution in [3.05, 3.63) is 23.0 Å². The van der Waals surface area contributed by atoms with Crippen molar-refractivity contribution < 1.29 is 14.3 Å². The van der Waals surface area contributed by atoms with Gasteiger partial charge < -0.3 is 19.9 Å². The second-order valence-corrected chi connectivity index (χ2v) is 6.96. The zero-order valence-electron chi connectivity index (χ0n) is 14.4. The Balaban J connectivity index is 1.98. The fourth-order valence-corrected chi connectivity index (χ4v) is 2.61. The van der Waals surface area contributed by atoms with Gasteiger partial charge in [-0.05, 0) is 26.8 Å². The molecule has 7 nitrogen and oxygen atoms in total. The zero-order chi connectivity index (χ0) is 17.9. The Labute approximate surface area is 146 Å². The molecule has 1 saturated heterocycles. The number of ether oxygens (including phenoxy) is 1. The van der Waals surface area contributed by atoms with Crippen LogP contribution in [0.4, 0.5) is 10.5 Å². The Hall–Kier alpha value is -2.02. The van der Waals surface area contributed by atoms with Gasteiger partial charge in [0.2, 0.25) is 0 Å². The van der Waals surface area contributed by atoms with E-state index in [0.717, 1.165) is 5.69 Å². The molecule has 1 fully saturated rings. The Morgan fingerprint density at radius 3 is 2.38 bits per heavy atom. The van der Waals surface area contributed by atoms with Gasteiger partial charge in [0.1, 0.15) is 11.3 Å². The number of hydrogen-bond donors (Lipinski definition) is 1. The van der Waals surface area contributed by atoms with Gasteiger partial charge in [0.15, 0.2) is 0 Å². The number of carbonyl (C=O) groups excluding carboxylic acids is 2. The van der Waals surface area contributed by atoms with E-state index >= 15 is 0 Å². The largest absolute Gasteiger partial charge is 0.444 e. The first kappa shape index (κ1) is 18.3. The summed E-state index contributed by atoms with van der Waals surface area (Å²) in [5.74, 6) is -0.318. The summed E-state index contributed by atoms with van der Waals surface area (Å²) in [4.78, 5) is 31.6. The molecule has 1 aliphatic heterocycles. The standard InChI is InChI=1S/C16H23ClN4O3/c1-16(2,3)24-15(23)21-7-5-20(6-8-21)11-9-12(17)13(19-10-11)14(22)18-4/h9-10H,5-8H2,1-4H3,(H,18,22). The van der Waals surface area contributed by atoms with Gasteiger partial charge in [-0.15, -0.1) is 0 Å². The number of pyridine rings is 1. The maximum absolute atomic E-state index is 12.1. The van der Waals surface area contributed by atoms with E-state index in [0.29, 0.717) is 31.2 Å². The van der Waals surface area contributed by atoms with Crippen molar-refractivity contribution >= 4 is 29.3 Å². The molecular formula is C16H23ClN4O3. The number of rotatable bonds is 2. The molecule has 1 aromatic rings. The lowest BCUT2D eigenvalue weighted by atomic mass is 10.2. The molecule has 1 aromatic heterocycles. The number of piperazine rings is 1. The minimum absolute atomic E-state index is 0.204. The lowest BCUT2D eigenvalue weighted by Crippen LogP contribution is -2.50. The maximum Gasteiger partial charge on any atom is 0.410 e. The molecule has 0 aromatic carbocycles. The molecule has 0 unspecified atom stereocenters. The van der Waals surface area contributed by atoms with Gasteiger partial charge in [-0.3, -0.25) is 4.79 Å². The number of carbonyl (C=O) groups is 2. The average molecular weight is 355 g/mol. The van der Waals surface area contributed by atoms with Crippen molar-refractivity contribution in [1.29, 1.82) is 0 Å². The highest BCUT2D eigenvalue weighted by atomic mass is 35.5. The van der Waals surface area contributed by atoms with Gasteiger partial charge in [0.05, 0.1) is 16.9 Å². The lowest BCUT2D eigenvalue weighted by Gasteiger charge is -2.36. The summed E-state index contributed by atoms with van der Waals surface area (Å²) < 4.78 is 5.38. The summed E-state index contributed by atoms with van der Waals surface area (Å²) >= 11 is 6.14. The van der Waals surface area contributed by atoms with E-state index in [2.05, 4.69) is 15.2 Å². The predicted molar refractivity (Wildman–Crippen MR) is 92.7 cm³/mol. The number of nitrogens with one attached hydrogen (secondary N) is 1. The molecule has 0 radical (unpaired) electrons. The summed E-state index contributed by atoms with van der Waals surface area (Å²) in [5, 5.41) is 2.81. The van der Waals surface area contributed by atoms with Crippen molar-refractivity contribution in [1.82, 2.24) is 15.2 Å². The number of halogens is 1. The second-order valence-electron chi connectivity index (χ2n) is 6.56. The van der Waals surface area contributed by atoms with E-state index in [9.17, 15) is 9.59 Å². The Morgan fingerprint density at radius 2 is 1.88 bits per heavy atom. The lowest BCUT2D eigenvalue weighted by molar-refractivity contribution is 0.0240. The number of hydrogen-bond acceptors (Lipinski definition) is 5. The fraction of sp³-hybridized carbons (Fsp3) is 0.562. The quantitative estimate of drug-likeness (QED) is 0.880. The molecule has 2 heterocycles. The summed E-state index contributed by atoms with van der Waals surface area (Å²) in [5.41, 5.74) is 0.535. The van der Waals surface area contributed by atoms with Gasteiger partial charge in [-0.25, -0.2) is 9.78 Å². The van der Waals surface area contributed by atoms with Crippen LogP contribution >= 0.6 is 11.6 Å². The van der Waals surface area contributed by atoms with Crippen LogP contribution in [0.15, 0.2) is 12.3 Å². The van der Waals surface area contributed by atoms with E-state index in [1.54, 1.807) is 17.2 Å². The monoisotopic (exact) mass is 354 g/mol. The van der Waals surface area contributed by atoms with Gasteiger partial charge >= 0.3 is 6.09 Å². The van der Waals surface area contributed by atoms with Gasteiger partial charge in [0, 0.05) is 33.2 Å². The van der Waals surface area contributed by atoms with Crippen molar-refractivity contribution in [2.75, 3.05) is 38.1 Å². The van der Waals surface area contributed by atoms with Crippen LogP contribution in [0.2, 0.25) is 5.02 Å². The first-order valence-electron chi connectivity index (χ1n) is 7.82. The normalized spacial score (nSPS) is 15.2. The van der Waals surface area contributed by atoms with Crippen LogP contribution in [-0.2, 0) is 4.74 Å². The van der Waals surface area contributed by atoms with Gasteiger partial charge in [-0.1, -0.05) is 11.6 Å². The Kier molecular flexibility index (Phi) is 5.54. The third-order valence-corrected chi connectivity index (χ3v) is 3.85. The number of anilines is 1. The van der Waals surface area contributed by atoms with E-state index < -0.39 is 5.60 Å². The molecule has 0 saturated carbocycles.